The van der Waals surface area contributed by atoms with Crippen molar-refractivity contribution in [2.24, 2.45) is 10.9 Å². The second kappa shape index (κ2) is 13.7. The van der Waals surface area contributed by atoms with Gasteiger partial charge >= 0.3 is 0 Å². The van der Waals surface area contributed by atoms with Crippen molar-refractivity contribution in [2.45, 2.75) is 48.8 Å². The SMILES string of the molecule is CN=C(NCC(C)Sc1ccccc1)NC1CCC(C(=O)N2CCSCC2)CC1.I. The number of nitrogens with zero attached hydrogens (tertiary/aromatic N) is 2. The Morgan fingerprint density at radius 2 is 1.87 bits per heavy atom. The number of hydrogen-bond acceptors (Lipinski definition) is 4. The van der Waals surface area contributed by atoms with Crippen LogP contribution in [0.3, 0.4) is 0 Å². The average Bonchev–Trinajstić information content (AvgIpc) is 2.78. The fourth-order valence-corrected chi connectivity index (χ4v) is 5.78. The summed E-state index contributed by atoms with van der Waals surface area (Å²) in [6.45, 7) is 4.95. The number of rotatable bonds is 6. The summed E-state index contributed by atoms with van der Waals surface area (Å²) >= 11 is 3.82. The summed E-state index contributed by atoms with van der Waals surface area (Å²) in [5.74, 6) is 3.65. The Balaban J connectivity index is 0.00000320. The summed E-state index contributed by atoms with van der Waals surface area (Å²) in [5.41, 5.74) is 0. The molecule has 1 saturated heterocycles. The highest BCUT2D eigenvalue weighted by molar-refractivity contribution is 14.0. The zero-order chi connectivity index (χ0) is 20.5. The van der Waals surface area contributed by atoms with E-state index in [0.29, 0.717) is 17.2 Å². The Bertz CT molecular complexity index is 662. The summed E-state index contributed by atoms with van der Waals surface area (Å²) in [7, 11) is 1.83. The predicted octanol–water partition coefficient (Wildman–Crippen LogP) is 4.08. The topological polar surface area (TPSA) is 56.7 Å². The minimum atomic E-state index is 0. The lowest BCUT2D eigenvalue weighted by atomic mass is 9.85. The highest BCUT2D eigenvalue weighted by Crippen LogP contribution is 2.27. The number of aliphatic imine (C=N–C) groups is 1. The van der Waals surface area contributed by atoms with Crippen LogP contribution in [-0.2, 0) is 4.79 Å². The molecule has 1 unspecified atom stereocenters. The third kappa shape index (κ3) is 8.15. The Morgan fingerprint density at radius 1 is 1.20 bits per heavy atom. The predicted molar refractivity (Wildman–Crippen MR) is 141 cm³/mol. The van der Waals surface area contributed by atoms with Crippen molar-refractivity contribution in [3.05, 3.63) is 30.3 Å². The maximum atomic E-state index is 12.7. The van der Waals surface area contributed by atoms with Gasteiger partial charge in [0.05, 0.1) is 0 Å². The normalized spacial score (nSPS) is 23.3. The fraction of sp³-hybridized carbons (Fsp3) is 0.636. The molecule has 0 spiro atoms. The first-order valence-electron chi connectivity index (χ1n) is 10.7. The van der Waals surface area contributed by atoms with Crippen molar-refractivity contribution < 1.29 is 4.79 Å². The third-order valence-corrected chi connectivity index (χ3v) is 7.66. The number of guanidine groups is 1. The number of hydrogen-bond donors (Lipinski definition) is 2. The molecule has 168 valence electrons. The van der Waals surface area contributed by atoms with Crippen molar-refractivity contribution >= 4 is 59.4 Å². The minimum absolute atomic E-state index is 0. The number of carbonyl (C=O) groups is 1. The maximum Gasteiger partial charge on any atom is 0.225 e. The van der Waals surface area contributed by atoms with Gasteiger partial charge in [-0.05, 0) is 37.8 Å². The van der Waals surface area contributed by atoms with Gasteiger partial charge in [-0.25, -0.2) is 0 Å². The van der Waals surface area contributed by atoms with Crippen LogP contribution in [0, 0.1) is 5.92 Å². The van der Waals surface area contributed by atoms with Crippen LogP contribution in [0.4, 0.5) is 0 Å². The van der Waals surface area contributed by atoms with E-state index in [-0.39, 0.29) is 29.9 Å². The number of thioether (sulfide) groups is 2. The van der Waals surface area contributed by atoms with Gasteiger partial charge in [0.15, 0.2) is 5.96 Å². The molecule has 0 radical (unpaired) electrons. The van der Waals surface area contributed by atoms with Gasteiger partial charge < -0.3 is 15.5 Å². The van der Waals surface area contributed by atoms with E-state index >= 15 is 0 Å². The molecule has 1 aliphatic heterocycles. The minimum Gasteiger partial charge on any atom is -0.355 e. The summed E-state index contributed by atoms with van der Waals surface area (Å²) in [6.07, 6.45) is 4.04. The summed E-state index contributed by atoms with van der Waals surface area (Å²) in [6, 6.07) is 10.9. The van der Waals surface area contributed by atoms with Gasteiger partial charge in [-0.15, -0.1) is 35.7 Å². The van der Waals surface area contributed by atoms with Crippen molar-refractivity contribution in [3.8, 4) is 0 Å². The zero-order valence-corrected chi connectivity index (χ0v) is 22.0. The zero-order valence-electron chi connectivity index (χ0n) is 18.0. The average molecular weight is 563 g/mol. The summed E-state index contributed by atoms with van der Waals surface area (Å²) < 4.78 is 0. The molecule has 3 rings (SSSR count). The molecular formula is C22H35IN4OS2. The molecule has 0 aromatic heterocycles. The molecule has 2 aliphatic rings. The molecule has 1 aromatic rings. The lowest BCUT2D eigenvalue weighted by Gasteiger charge is -2.34. The van der Waals surface area contributed by atoms with Gasteiger partial charge in [-0.1, -0.05) is 25.1 Å². The van der Waals surface area contributed by atoms with Crippen LogP contribution >= 0.6 is 47.5 Å². The quantitative estimate of drug-likeness (QED) is 0.237. The Hall–Kier alpha value is -0.610. The second-order valence-corrected chi connectivity index (χ2v) is 10.6. The van der Waals surface area contributed by atoms with Crippen LogP contribution in [0.15, 0.2) is 40.2 Å². The summed E-state index contributed by atoms with van der Waals surface area (Å²) in [5, 5.41) is 7.48. The number of amides is 1. The van der Waals surface area contributed by atoms with Crippen LogP contribution in [0.2, 0.25) is 0 Å². The van der Waals surface area contributed by atoms with E-state index in [4.69, 9.17) is 0 Å². The molecule has 2 N–H and O–H groups in total. The van der Waals surface area contributed by atoms with Crippen molar-refractivity contribution in [1.82, 2.24) is 15.5 Å². The first kappa shape index (κ1) is 25.6. The first-order valence-corrected chi connectivity index (χ1v) is 12.7. The molecule has 0 bridgehead atoms. The molecular weight excluding hydrogens is 527 g/mol. The van der Waals surface area contributed by atoms with E-state index in [9.17, 15) is 4.79 Å². The molecule has 5 nitrogen and oxygen atoms in total. The largest absolute Gasteiger partial charge is 0.355 e. The number of halogens is 1. The van der Waals surface area contributed by atoms with Crippen LogP contribution < -0.4 is 10.6 Å². The third-order valence-electron chi connectivity index (χ3n) is 5.60. The van der Waals surface area contributed by atoms with Crippen LogP contribution in [-0.4, -0.2) is 66.2 Å². The van der Waals surface area contributed by atoms with Crippen LogP contribution in [0.5, 0.6) is 0 Å². The van der Waals surface area contributed by atoms with Gasteiger partial charge in [0.1, 0.15) is 0 Å². The highest BCUT2D eigenvalue weighted by Gasteiger charge is 2.30. The smallest absolute Gasteiger partial charge is 0.225 e. The van der Waals surface area contributed by atoms with Gasteiger partial charge in [0.25, 0.3) is 0 Å². The van der Waals surface area contributed by atoms with Gasteiger partial charge in [0, 0.05) is 60.3 Å². The number of nitrogens with one attached hydrogen (secondary N) is 2. The molecule has 1 saturated carbocycles. The van der Waals surface area contributed by atoms with E-state index in [1.807, 2.05) is 36.6 Å². The molecule has 1 heterocycles. The molecule has 2 fully saturated rings. The van der Waals surface area contributed by atoms with E-state index in [1.54, 1.807) is 0 Å². The van der Waals surface area contributed by atoms with Crippen molar-refractivity contribution in [3.63, 3.8) is 0 Å². The van der Waals surface area contributed by atoms with E-state index < -0.39 is 0 Å². The van der Waals surface area contributed by atoms with Gasteiger partial charge in [-0.3, -0.25) is 9.79 Å². The molecule has 1 atom stereocenters. The molecule has 1 aromatic carbocycles. The standard InChI is InChI=1S/C22H34N4OS2.HI/c1-17(29-20-6-4-3-5-7-20)16-24-22(23-2)25-19-10-8-18(9-11-19)21(27)26-12-14-28-15-13-26;/h3-7,17-19H,8-16H2,1-2H3,(H2,23,24,25);1H. The van der Waals surface area contributed by atoms with Crippen molar-refractivity contribution in [2.75, 3.05) is 38.2 Å². The number of carbonyl (C=O) groups excluding carboxylic acids is 1. The van der Waals surface area contributed by atoms with Crippen molar-refractivity contribution in [1.29, 1.82) is 0 Å². The van der Waals surface area contributed by atoms with E-state index in [1.165, 1.54) is 4.90 Å². The number of benzene rings is 1. The molecule has 8 heteroatoms. The van der Waals surface area contributed by atoms with Gasteiger partial charge in [-0.2, -0.15) is 11.8 Å². The Kier molecular flexibility index (Phi) is 11.7. The lowest BCUT2D eigenvalue weighted by molar-refractivity contribution is -0.136. The van der Waals surface area contributed by atoms with E-state index in [0.717, 1.165) is 62.8 Å². The maximum absolute atomic E-state index is 12.7. The van der Waals surface area contributed by atoms with Crippen LogP contribution in [0.25, 0.3) is 0 Å². The second-order valence-electron chi connectivity index (χ2n) is 7.83. The van der Waals surface area contributed by atoms with E-state index in [2.05, 4.69) is 51.7 Å². The Morgan fingerprint density at radius 3 is 2.50 bits per heavy atom. The molecule has 1 amide bonds. The fourth-order valence-electron chi connectivity index (χ4n) is 3.93. The molecule has 30 heavy (non-hydrogen) atoms. The highest BCUT2D eigenvalue weighted by atomic mass is 127. The van der Waals surface area contributed by atoms with Crippen LogP contribution in [0.1, 0.15) is 32.6 Å². The monoisotopic (exact) mass is 562 g/mol. The molecule has 1 aliphatic carbocycles. The lowest BCUT2D eigenvalue weighted by Crippen LogP contribution is -2.48. The van der Waals surface area contributed by atoms with Gasteiger partial charge in [0.2, 0.25) is 5.91 Å². The Labute approximate surface area is 207 Å². The first-order chi connectivity index (χ1) is 14.2. The summed E-state index contributed by atoms with van der Waals surface area (Å²) in [4.78, 5) is 20.5.